The van der Waals surface area contributed by atoms with E-state index in [-0.39, 0.29) is 11.2 Å². The van der Waals surface area contributed by atoms with Crippen molar-refractivity contribution in [2.75, 3.05) is 11.9 Å². The summed E-state index contributed by atoms with van der Waals surface area (Å²) in [5.74, 6) is 0.138. The lowest BCUT2D eigenvalue weighted by atomic mass is 9.83. The van der Waals surface area contributed by atoms with Gasteiger partial charge in [0.1, 0.15) is 5.75 Å². The molecule has 4 heterocycles. The molecule has 0 aliphatic carbocycles. The molecule has 1 N–H and O–H groups in total. The minimum absolute atomic E-state index is 0.138. The van der Waals surface area contributed by atoms with Crippen LogP contribution >= 0.6 is 0 Å². The number of phenolic OH excluding ortho intramolecular Hbond substituents is 1. The number of aromatic nitrogens is 1. The SMILES string of the molecule is CC1=CC(/C=C/C=C2N(C)c3ccccc3C2(C)C)=[N+]2C1=C(c1ccc(O)cc1)c1c(C)cc(C)n1[B-]2(F)F. The molecule has 0 radical (unpaired) electrons. The number of allylic oxidation sites excluding steroid dienone is 6. The fourth-order valence-corrected chi connectivity index (χ4v) is 6.66. The number of halogens is 2. The molecule has 2 aromatic carbocycles. The third-order valence-corrected chi connectivity index (χ3v) is 8.39. The molecule has 0 bridgehead atoms. The molecule has 0 saturated carbocycles. The van der Waals surface area contributed by atoms with E-state index in [1.807, 2.05) is 51.3 Å². The quantitative estimate of drug-likeness (QED) is 0.372. The zero-order valence-electron chi connectivity index (χ0n) is 23.1. The fraction of sp³-hybridized carbons (Fsp3) is 0.219. The van der Waals surface area contributed by atoms with Crippen LogP contribution in [0.1, 0.15) is 48.8 Å². The molecule has 0 unspecified atom stereocenters. The lowest BCUT2D eigenvalue weighted by molar-refractivity contribution is -0.362. The van der Waals surface area contributed by atoms with Gasteiger partial charge < -0.3 is 27.6 Å². The van der Waals surface area contributed by atoms with E-state index in [2.05, 4.69) is 36.9 Å². The molecule has 0 fully saturated rings. The second-order valence-corrected chi connectivity index (χ2v) is 11.3. The summed E-state index contributed by atoms with van der Waals surface area (Å²) in [5, 5.41) is 9.89. The van der Waals surface area contributed by atoms with E-state index in [4.69, 9.17) is 0 Å². The van der Waals surface area contributed by atoms with E-state index < -0.39 is 6.97 Å². The number of phenols is 1. The van der Waals surface area contributed by atoms with Crippen LogP contribution in [0.3, 0.4) is 0 Å². The maximum absolute atomic E-state index is 16.5. The molecule has 0 spiro atoms. The van der Waals surface area contributed by atoms with Crippen LogP contribution in [0.25, 0.3) is 5.57 Å². The number of anilines is 1. The predicted octanol–water partition coefficient (Wildman–Crippen LogP) is 7.09. The van der Waals surface area contributed by atoms with Crippen LogP contribution in [0.5, 0.6) is 5.75 Å². The van der Waals surface area contributed by atoms with Gasteiger partial charge in [-0.3, -0.25) is 0 Å². The van der Waals surface area contributed by atoms with Crippen LogP contribution in [0.2, 0.25) is 0 Å². The summed E-state index contributed by atoms with van der Waals surface area (Å²) in [5.41, 5.74) is 8.44. The van der Waals surface area contributed by atoms with Crippen LogP contribution in [-0.2, 0) is 5.41 Å². The Morgan fingerprint density at radius 3 is 2.38 bits per heavy atom. The number of fused-ring (bicyclic) bond motifs is 3. The molecule has 7 heteroatoms. The first kappa shape index (κ1) is 25.2. The zero-order valence-corrected chi connectivity index (χ0v) is 23.1. The number of aryl methyl sites for hydroxylation is 2. The fourth-order valence-electron chi connectivity index (χ4n) is 6.66. The molecular weight excluding hydrogens is 491 g/mol. The number of rotatable bonds is 3. The van der Waals surface area contributed by atoms with Crippen molar-refractivity contribution >= 4 is 23.9 Å². The summed E-state index contributed by atoms with van der Waals surface area (Å²) in [6, 6.07) is 16.9. The maximum Gasteiger partial charge on any atom is 0.737 e. The molecule has 0 amide bonds. The number of aromatic hydroxyl groups is 1. The van der Waals surface area contributed by atoms with Gasteiger partial charge in [-0.1, -0.05) is 50.3 Å². The first-order valence-electron chi connectivity index (χ1n) is 13.3. The van der Waals surface area contributed by atoms with Gasteiger partial charge in [-0.05, 0) is 73.5 Å². The van der Waals surface area contributed by atoms with Gasteiger partial charge >= 0.3 is 6.97 Å². The van der Waals surface area contributed by atoms with E-state index in [0.29, 0.717) is 22.8 Å². The van der Waals surface area contributed by atoms with Crippen LogP contribution < -0.4 is 4.90 Å². The van der Waals surface area contributed by atoms with Gasteiger partial charge in [-0.15, -0.1) is 0 Å². The van der Waals surface area contributed by atoms with Crippen molar-refractivity contribution in [3.63, 3.8) is 0 Å². The van der Waals surface area contributed by atoms with Crippen LogP contribution in [0.15, 0.2) is 95.9 Å². The van der Waals surface area contributed by atoms with Gasteiger partial charge in [0.15, 0.2) is 11.4 Å². The Hall–Kier alpha value is -4.13. The summed E-state index contributed by atoms with van der Waals surface area (Å²) in [7, 11) is 2.05. The van der Waals surface area contributed by atoms with Gasteiger partial charge in [0.05, 0.1) is 5.57 Å². The number of para-hydroxylation sites is 1. The monoisotopic (exact) mass is 523 g/mol. The van der Waals surface area contributed by atoms with Crippen molar-refractivity contribution in [3.8, 4) is 5.75 Å². The van der Waals surface area contributed by atoms with Gasteiger partial charge in [0.2, 0.25) is 0 Å². The molecular formula is C32H32BF2N3O. The Morgan fingerprint density at radius 2 is 1.69 bits per heavy atom. The molecule has 3 aliphatic heterocycles. The average Bonchev–Trinajstić information content (AvgIpc) is 3.45. The van der Waals surface area contributed by atoms with Crippen LogP contribution in [0, 0.1) is 13.8 Å². The van der Waals surface area contributed by atoms with E-state index in [9.17, 15) is 5.11 Å². The second kappa shape index (κ2) is 8.44. The highest BCUT2D eigenvalue weighted by atomic mass is 19.2. The molecule has 6 rings (SSSR count). The Balaban J connectivity index is 1.53. The molecule has 0 atom stereocenters. The summed E-state index contributed by atoms with van der Waals surface area (Å²) in [6.45, 7) is 5.74. The zero-order chi connectivity index (χ0) is 27.9. The number of nitrogens with zero attached hydrogens (tertiary/aromatic N) is 3. The topological polar surface area (TPSA) is 31.4 Å². The van der Waals surface area contributed by atoms with Crippen molar-refractivity contribution in [1.82, 2.24) is 4.48 Å². The second-order valence-electron chi connectivity index (χ2n) is 11.3. The van der Waals surface area contributed by atoms with Crippen molar-refractivity contribution in [1.29, 1.82) is 0 Å². The number of hydrogen-bond acceptors (Lipinski definition) is 2. The van der Waals surface area contributed by atoms with Gasteiger partial charge in [-0.25, -0.2) is 0 Å². The predicted molar refractivity (Wildman–Crippen MR) is 156 cm³/mol. The third-order valence-electron chi connectivity index (χ3n) is 8.39. The maximum atomic E-state index is 16.5. The molecule has 4 nitrogen and oxygen atoms in total. The Labute approximate surface area is 228 Å². The smallest absolute Gasteiger partial charge is 0.508 e. The highest BCUT2D eigenvalue weighted by molar-refractivity contribution is 6.58. The summed E-state index contributed by atoms with van der Waals surface area (Å²) in [4.78, 5) is 2.17. The van der Waals surface area contributed by atoms with Gasteiger partial charge in [0.25, 0.3) is 0 Å². The van der Waals surface area contributed by atoms with Crippen molar-refractivity contribution in [2.24, 2.45) is 0 Å². The first-order chi connectivity index (χ1) is 18.4. The van der Waals surface area contributed by atoms with Crippen molar-refractivity contribution in [3.05, 3.63) is 124 Å². The summed E-state index contributed by atoms with van der Waals surface area (Å²) >= 11 is 0. The molecule has 3 aliphatic rings. The van der Waals surface area contributed by atoms with E-state index in [1.54, 1.807) is 37.3 Å². The third kappa shape index (κ3) is 3.52. The number of hydrogen-bond donors (Lipinski definition) is 1. The first-order valence-corrected chi connectivity index (χ1v) is 13.3. The minimum Gasteiger partial charge on any atom is -0.508 e. The number of likely N-dealkylation sites (N-methyl/N-ethyl adjacent to an activating group) is 1. The lowest BCUT2D eigenvalue weighted by Gasteiger charge is -2.34. The Morgan fingerprint density at radius 1 is 1.00 bits per heavy atom. The highest BCUT2D eigenvalue weighted by Gasteiger charge is 2.55. The van der Waals surface area contributed by atoms with Gasteiger partial charge in [-0.2, -0.15) is 0 Å². The Bertz CT molecular complexity index is 1700. The average molecular weight is 523 g/mol. The van der Waals surface area contributed by atoms with E-state index in [0.717, 1.165) is 33.7 Å². The summed E-state index contributed by atoms with van der Waals surface area (Å²) < 4.78 is 35.3. The van der Waals surface area contributed by atoms with Crippen molar-refractivity contribution < 1.29 is 18.2 Å². The van der Waals surface area contributed by atoms with Crippen LogP contribution in [-0.4, -0.2) is 33.8 Å². The van der Waals surface area contributed by atoms with Crippen LogP contribution in [0.4, 0.5) is 14.3 Å². The molecule has 198 valence electrons. The normalized spacial score (nSPS) is 20.2. The molecule has 3 aromatic rings. The molecule has 0 saturated heterocycles. The molecule has 1 aromatic heterocycles. The van der Waals surface area contributed by atoms with Crippen molar-refractivity contribution in [2.45, 2.75) is 40.0 Å². The lowest BCUT2D eigenvalue weighted by Crippen LogP contribution is -2.51. The molecule has 39 heavy (non-hydrogen) atoms. The van der Waals surface area contributed by atoms with Gasteiger partial charge in [0, 0.05) is 47.3 Å². The summed E-state index contributed by atoms with van der Waals surface area (Å²) in [6.07, 6.45) is 7.55. The Kier molecular flexibility index (Phi) is 5.44. The number of benzene rings is 2. The highest BCUT2D eigenvalue weighted by Crippen LogP contribution is 2.47. The van der Waals surface area contributed by atoms with E-state index >= 15 is 8.63 Å². The minimum atomic E-state index is -4.14. The van der Waals surface area contributed by atoms with E-state index in [1.165, 1.54) is 14.5 Å². The largest absolute Gasteiger partial charge is 0.737 e. The standard InChI is InChI=1S/C32H32BF2N3O/c1-20-18-22(3)37-30(20)29(23-14-16-25(39)17-15-23)31-21(2)19-24(38(31)33(37,34)35)10-9-13-28-32(4,5)26-11-7-8-12-27(26)36(28)6/h7-19,39H,1-6H3/b10-9+,28-13?.